The van der Waals surface area contributed by atoms with E-state index < -0.39 is 0 Å². The molecule has 2 N–H and O–H groups in total. The van der Waals surface area contributed by atoms with Gasteiger partial charge in [-0.2, -0.15) is 5.10 Å². The van der Waals surface area contributed by atoms with Crippen LogP contribution in [0.3, 0.4) is 0 Å². The quantitative estimate of drug-likeness (QED) is 0.460. The number of para-hydroxylation sites is 1. The van der Waals surface area contributed by atoms with Crippen molar-refractivity contribution in [3.63, 3.8) is 0 Å². The van der Waals surface area contributed by atoms with E-state index in [0.717, 1.165) is 47.5 Å². The third kappa shape index (κ3) is 5.28. The van der Waals surface area contributed by atoms with Crippen LogP contribution in [-0.2, 0) is 13.1 Å². The molecule has 0 bridgehead atoms. The standard InChI is InChI=1S/C25H33N7/c1-19-15-20(2)32(30-19)23-10-6-5-9-22(23)18-29-25(26-3)28-17-21-11-12-27-24(16-21)31-13-7-4-8-14-31/h5-6,9-12,15-16H,4,7-8,13-14,17-18H2,1-3H3,(H2,26,28,29). The lowest BCUT2D eigenvalue weighted by Crippen LogP contribution is -2.36. The van der Waals surface area contributed by atoms with Crippen molar-refractivity contribution in [2.45, 2.75) is 46.2 Å². The van der Waals surface area contributed by atoms with Gasteiger partial charge in [0, 0.05) is 45.1 Å². The number of aliphatic imine (C=N–C) groups is 1. The summed E-state index contributed by atoms with van der Waals surface area (Å²) in [7, 11) is 1.80. The van der Waals surface area contributed by atoms with Crippen LogP contribution in [-0.4, -0.2) is 40.9 Å². The minimum Gasteiger partial charge on any atom is -0.357 e. The first-order valence-electron chi connectivity index (χ1n) is 11.4. The number of benzene rings is 1. The zero-order chi connectivity index (χ0) is 22.3. The molecule has 3 aromatic rings. The van der Waals surface area contributed by atoms with E-state index in [1.807, 2.05) is 23.9 Å². The van der Waals surface area contributed by atoms with Gasteiger partial charge in [0.05, 0.1) is 11.4 Å². The highest BCUT2D eigenvalue weighted by atomic mass is 15.3. The van der Waals surface area contributed by atoms with Gasteiger partial charge in [-0.1, -0.05) is 18.2 Å². The molecule has 32 heavy (non-hydrogen) atoms. The van der Waals surface area contributed by atoms with Crippen molar-refractivity contribution >= 4 is 11.8 Å². The Morgan fingerprint density at radius 3 is 2.53 bits per heavy atom. The van der Waals surface area contributed by atoms with Gasteiger partial charge in [0.25, 0.3) is 0 Å². The number of nitrogens with zero attached hydrogens (tertiary/aromatic N) is 5. The average Bonchev–Trinajstić information content (AvgIpc) is 3.17. The van der Waals surface area contributed by atoms with E-state index in [0.29, 0.717) is 13.1 Å². The predicted octanol–water partition coefficient (Wildman–Crippen LogP) is 3.74. The molecule has 0 spiro atoms. The molecule has 4 rings (SSSR count). The molecular weight excluding hydrogens is 398 g/mol. The lowest BCUT2D eigenvalue weighted by Gasteiger charge is -2.28. The van der Waals surface area contributed by atoms with Crippen LogP contribution in [0.5, 0.6) is 0 Å². The SMILES string of the molecule is CN=C(NCc1ccnc(N2CCCCC2)c1)NCc1ccccc1-n1nc(C)cc1C. The Hall–Kier alpha value is -3.35. The lowest BCUT2D eigenvalue weighted by molar-refractivity contribution is 0.573. The highest BCUT2D eigenvalue weighted by Crippen LogP contribution is 2.19. The van der Waals surface area contributed by atoms with E-state index in [1.165, 1.54) is 24.8 Å². The first kappa shape index (κ1) is 21.9. The Morgan fingerprint density at radius 1 is 1.00 bits per heavy atom. The van der Waals surface area contributed by atoms with E-state index in [2.05, 4.69) is 73.9 Å². The molecular formula is C25H33N7. The lowest BCUT2D eigenvalue weighted by atomic mass is 10.1. The number of pyridine rings is 1. The molecule has 0 saturated carbocycles. The molecule has 0 aliphatic carbocycles. The van der Waals surface area contributed by atoms with Gasteiger partial charge in [0.2, 0.25) is 0 Å². The Bertz CT molecular complexity index is 1060. The number of hydrogen-bond acceptors (Lipinski definition) is 4. The smallest absolute Gasteiger partial charge is 0.191 e. The second kappa shape index (κ2) is 10.3. The van der Waals surface area contributed by atoms with Gasteiger partial charge in [-0.3, -0.25) is 4.99 Å². The molecule has 1 saturated heterocycles. The summed E-state index contributed by atoms with van der Waals surface area (Å²) in [5.41, 5.74) is 5.59. The minimum absolute atomic E-state index is 0.656. The molecule has 1 aliphatic heterocycles. The number of aromatic nitrogens is 3. The van der Waals surface area contributed by atoms with E-state index >= 15 is 0 Å². The average molecular weight is 432 g/mol. The molecule has 7 heteroatoms. The van der Waals surface area contributed by atoms with Crippen molar-refractivity contribution < 1.29 is 0 Å². The Morgan fingerprint density at radius 2 is 1.78 bits per heavy atom. The van der Waals surface area contributed by atoms with Gasteiger partial charge < -0.3 is 15.5 Å². The summed E-state index contributed by atoms with van der Waals surface area (Å²) >= 11 is 0. The van der Waals surface area contributed by atoms with Crippen molar-refractivity contribution in [2.24, 2.45) is 4.99 Å². The topological polar surface area (TPSA) is 70.4 Å². The van der Waals surface area contributed by atoms with Crippen LogP contribution in [0.15, 0.2) is 53.7 Å². The van der Waals surface area contributed by atoms with Gasteiger partial charge in [-0.25, -0.2) is 9.67 Å². The number of piperidine rings is 1. The van der Waals surface area contributed by atoms with Gasteiger partial charge in [-0.15, -0.1) is 0 Å². The highest BCUT2D eigenvalue weighted by Gasteiger charge is 2.13. The fourth-order valence-corrected chi connectivity index (χ4v) is 4.19. The number of hydrogen-bond donors (Lipinski definition) is 2. The summed E-state index contributed by atoms with van der Waals surface area (Å²) in [4.78, 5) is 11.4. The van der Waals surface area contributed by atoms with E-state index in [4.69, 9.17) is 0 Å². The maximum absolute atomic E-state index is 4.64. The summed E-state index contributed by atoms with van der Waals surface area (Å²) in [6, 6.07) is 14.7. The Labute approximate surface area is 190 Å². The maximum atomic E-state index is 4.64. The molecule has 1 aliphatic rings. The van der Waals surface area contributed by atoms with Crippen LogP contribution in [0.25, 0.3) is 5.69 Å². The predicted molar refractivity (Wildman–Crippen MR) is 130 cm³/mol. The number of guanidine groups is 1. The van der Waals surface area contributed by atoms with Crippen LogP contribution in [0.4, 0.5) is 5.82 Å². The van der Waals surface area contributed by atoms with Crippen molar-refractivity contribution in [1.82, 2.24) is 25.4 Å². The van der Waals surface area contributed by atoms with Crippen LogP contribution < -0.4 is 15.5 Å². The second-order valence-electron chi connectivity index (χ2n) is 8.32. The van der Waals surface area contributed by atoms with E-state index in [1.54, 1.807) is 7.05 Å². The van der Waals surface area contributed by atoms with E-state index in [-0.39, 0.29) is 0 Å². The van der Waals surface area contributed by atoms with Crippen molar-refractivity contribution in [3.05, 3.63) is 71.2 Å². The third-order valence-corrected chi connectivity index (χ3v) is 5.85. The molecule has 1 aromatic carbocycles. The third-order valence-electron chi connectivity index (χ3n) is 5.85. The monoisotopic (exact) mass is 431 g/mol. The molecule has 1 fully saturated rings. The molecule has 0 radical (unpaired) electrons. The maximum Gasteiger partial charge on any atom is 0.191 e. The number of aryl methyl sites for hydroxylation is 2. The van der Waals surface area contributed by atoms with Gasteiger partial charge in [0.1, 0.15) is 5.82 Å². The van der Waals surface area contributed by atoms with Gasteiger partial charge in [0.15, 0.2) is 5.96 Å². The minimum atomic E-state index is 0.656. The summed E-state index contributed by atoms with van der Waals surface area (Å²) in [6.07, 6.45) is 5.73. The summed E-state index contributed by atoms with van der Waals surface area (Å²) in [6.45, 7) is 7.65. The van der Waals surface area contributed by atoms with Crippen LogP contribution in [0.2, 0.25) is 0 Å². The fourth-order valence-electron chi connectivity index (χ4n) is 4.19. The first-order valence-corrected chi connectivity index (χ1v) is 11.4. The van der Waals surface area contributed by atoms with Crippen molar-refractivity contribution in [1.29, 1.82) is 0 Å². The van der Waals surface area contributed by atoms with Crippen LogP contribution >= 0.6 is 0 Å². The highest BCUT2D eigenvalue weighted by molar-refractivity contribution is 5.79. The zero-order valence-corrected chi connectivity index (χ0v) is 19.3. The summed E-state index contributed by atoms with van der Waals surface area (Å²) in [5.74, 6) is 1.84. The van der Waals surface area contributed by atoms with Crippen LogP contribution in [0.1, 0.15) is 41.8 Å². The number of rotatable bonds is 6. The number of anilines is 1. The second-order valence-corrected chi connectivity index (χ2v) is 8.32. The van der Waals surface area contributed by atoms with Crippen molar-refractivity contribution in [3.8, 4) is 5.69 Å². The number of nitrogens with one attached hydrogen (secondary N) is 2. The van der Waals surface area contributed by atoms with Gasteiger partial charge in [-0.05, 0) is 68.5 Å². The Balaban J connectivity index is 1.38. The largest absolute Gasteiger partial charge is 0.357 e. The first-order chi connectivity index (χ1) is 15.6. The normalized spacial score (nSPS) is 14.5. The molecule has 0 unspecified atom stereocenters. The summed E-state index contributed by atoms with van der Waals surface area (Å²) in [5, 5.41) is 11.5. The fraction of sp³-hybridized carbons (Fsp3) is 0.400. The van der Waals surface area contributed by atoms with Crippen LogP contribution in [0, 0.1) is 13.8 Å². The molecule has 3 heterocycles. The van der Waals surface area contributed by atoms with Crippen molar-refractivity contribution in [2.75, 3.05) is 25.0 Å². The summed E-state index contributed by atoms with van der Waals surface area (Å²) < 4.78 is 2.00. The molecule has 2 aromatic heterocycles. The molecule has 168 valence electrons. The van der Waals surface area contributed by atoms with Gasteiger partial charge >= 0.3 is 0 Å². The zero-order valence-electron chi connectivity index (χ0n) is 19.3. The van der Waals surface area contributed by atoms with E-state index in [9.17, 15) is 0 Å². The molecule has 0 amide bonds. The molecule has 7 nitrogen and oxygen atoms in total. The molecule has 0 atom stereocenters. The Kier molecular flexibility index (Phi) is 7.04.